The molecule has 20 heavy (non-hydrogen) atoms. The molecule has 0 unspecified atom stereocenters. The van der Waals surface area contributed by atoms with E-state index in [1.807, 2.05) is 37.1 Å². The quantitative estimate of drug-likeness (QED) is 0.848. The van der Waals surface area contributed by atoms with Gasteiger partial charge in [0.05, 0.1) is 17.3 Å². The van der Waals surface area contributed by atoms with Crippen LogP contribution in [-0.2, 0) is 4.79 Å². The lowest BCUT2D eigenvalue weighted by Gasteiger charge is -2.28. The molecule has 0 aliphatic carbocycles. The van der Waals surface area contributed by atoms with E-state index in [1.165, 1.54) is 0 Å². The molecule has 0 aliphatic rings. The minimum Gasteiger partial charge on any atom is -0.330 e. The summed E-state index contributed by atoms with van der Waals surface area (Å²) in [5.74, 6) is -0.0777. The van der Waals surface area contributed by atoms with E-state index in [4.69, 9.17) is 17.3 Å². The number of aryl methyl sites for hydroxylation is 1. The van der Waals surface area contributed by atoms with Gasteiger partial charge in [-0.2, -0.15) is 0 Å². The van der Waals surface area contributed by atoms with Gasteiger partial charge in [0, 0.05) is 6.54 Å². The van der Waals surface area contributed by atoms with Crippen LogP contribution in [-0.4, -0.2) is 37.5 Å². The summed E-state index contributed by atoms with van der Waals surface area (Å²) >= 11 is 6.09. The number of carbonyl (C=O) groups excluding carboxylic acids is 1. The van der Waals surface area contributed by atoms with Gasteiger partial charge in [-0.25, -0.2) is 0 Å². The molecule has 0 heterocycles. The van der Waals surface area contributed by atoms with Crippen molar-refractivity contribution in [3.05, 3.63) is 28.8 Å². The second kappa shape index (κ2) is 7.07. The topological polar surface area (TPSA) is 58.4 Å². The highest BCUT2D eigenvalue weighted by Crippen LogP contribution is 2.22. The Balaban J connectivity index is 2.55. The molecule has 0 atom stereocenters. The smallest absolute Gasteiger partial charge is 0.238 e. The predicted octanol–water partition coefficient (Wildman–Crippen LogP) is 2.50. The van der Waals surface area contributed by atoms with Crippen molar-refractivity contribution in [2.24, 2.45) is 11.1 Å². The normalized spacial score (nSPS) is 11.8. The van der Waals surface area contributed by atoms with E-state index in [0.717, 1.165) is 12.1 Å². The summed E-state index contributed by atoms with van der Waals surface area (Å²) in [5, 5.41) is 3.39. The molecule has 0 spiro atoms. The summed E-state index contributed by atoms with van der Waals surface area (Å²) in [7, 11) is 1.91. The van der Waals surface area contributed by atoms with Gasteiger partial charge < -0.3 is 11.1 Å². The summed E-state index contributed by atoms with van der Waals surface area (Å²) in [4.78, 5) is 14.0. The first-order valence-corrected chi connectivity index (χ1v) is 7.06. The lowest BCUT2D eigenvalue weighted by atomic mass is 9.93. The van der Waals surface area contributed by atoms with Gasteiger partial charge in [-0.15, -0.1) is 0 Å². The highest BCUT2D eigenvalue weighted by Gasteiger charge is 2.19. The molecule has 0 bridgehead atoms. The minimum absolute atomic E-state index is 0.00344. The molecule has 3 N–H and O–H groups in total. The van der Waals surface area contributed by atoms with Crippen molar-refractivity contribution < 1.29 is 4.79 Å². The number of anilines is 1. The highest BCUT2D eigenvalue weighted by molar-refractivity contribution is 6.33. The molecule has 1 rings (SSSR count). The SMILES string of the molecule is Cc1ccc(NC(=O)CN(C)CC(C)(C)CN)c(Cl)c1. The van der Waals surface area contributed by atoms with Crippen molar-refractivity contribution in [3.63, 3.8) is 0 Å². The molecule has 1 aromatic carbocycles. The Hall–Kier alpha value is -1.10. The minimum atomic E-state index is -0.0777. The summed E-state index contributed by atoms with van der Waals surface area (Å²) in [6.07, 6.45) is 0. The molecule has 0 saturated carbocycles. The number of likely N-dealkylation sites (N-methyl/N-ethyl adjacent to an activating group) is 1. The van der Waals surface area contributed by atoms with Crippen molar-refractivity contribution in [1.82, 2.24) is 4.90 Å². The van der Waals surface area contributed by atoms with Crippen LogP contribution >= 0.6 is 11.6 Å². The largest absolute Gasteiger partial charge is 0.330 e. The van der Waals surface area contributed by atoms with Crippen LogP contribution < -0.4 is 11.1 Å². The second-order valence-electron chi connectivity index (χ2n) is 6.07. The van der Waals surface area contributed by atoms with Gasteiger partial charge in [-0.05, 0) is 43.6 Å². The third kappa shape index (κ3) is 5.49. The third-order valence-electron chi connectivity index (χ3n) is 3.06. The fourth-order valence-electron chi connectivity index (χ4n) is 2.01. The van der Waals surface area contributed by atoms with Crippen molar-refractivity contribution in [3.8, 4) is 0 Å². The Morgan fingerprint density at radius 2 is 2.10 bits per heavy atom. The highest BCUT2D eigenvalue weighted by atomic mass is 35.5. The molecule has 1 amide bonds. The number of hydrogen-bond acceptors (Lipinski definition) is 3. The molecule has 0 aromatic heterocycles. The van der Waals surface area contributed by atoms with E-state index in [0.29, 0.717) is 23.8 Å². The number of nitrogens with one attached hydrogen (secondary N) is 1. The average molecular weight is 298 g/mol. The number of nitrogens with two attached hydrogens (primary N) is 1. The van der Waals surface area contributed by atoms with Gasteiger partial charge >= 0.3 is 0 Å². The molecule has 0 aliphatic heterocycles. The van der Waals surface area contributed by atoms with Crippen LogP contribution in [0.2, 0.25) is 5.02 Å². The molecular formula is C15H24ClN3O. The van der Waals surface area contributed by atoms with Crippen LogP contribution in [0.1, 0.15) is 19.4 Å². The summed E-state index contributed by atoms with van der Waals surface area (Å²) < 4.78 is 0. The molecule has 112 valence electrons. The number of benzene rings is 1. The van der Waals surface area contributed by atoms with Gasteiger partial charge in [0.15, 0.2) is 0 Å². The van der Waals surface area contributed by atoms with Crippen LogP contribution in [0, 0.1) is 12.3 Å². The number of hydrogen-bond donors (Lipinski definition) is 2. The lowest BCUT2D eigenvalue weighted by Crippen LogP contribution is -2.40. The first kappa shape index (κ1) is 17.0. The van der Waals surface area contributed by atoms with Crippen molar-refractivity contribution in [1.29, 1.82) is 0 Å². The fraction of sp³-hybridized carbons (Fsp3) is 0.533. The van der Waals surface area contributed by atoms with Gasteiger partial charge in [0.25, 0.3) is 0 Å². The fourth-order valence-corrected chi connectivity index (χ4v) is 2.29. The zero-order valence-electron chi connectivity index (χ0n) is 12.7. The maximum Gasteiger partial charge on any atom is 0.238 e. The average Bonchev–Trinajstić information content (AvgIpc) is 2.32. The van der Waals surface area contributed by atoms with Gasteiger partial charge in [0.2, 0.25) is 5.91 Å². The van der Waals surface area contributed by atoms with E-state index in [1.54, 1.807) is 0 Å². The zero-order chi connectivity index (χ0) is 15.3. The van der Waals surface area contributed by atoms with Crippen molar-refractivity contribution in [2.45, 2.75) is 20.8 Å². The molecule has 1 aromatic rings. The number of amides is 1. The monoisotopic (exact) mass is 297 g/mol. The van der Waals surface area contributed by atoms with Gasteiger partial charge in [-0.1, -0.05) is 31.5 Å². The number of nitrogens with zero attached hydrogens (tertiary/aromatic N) is 1. The van der Waals surface area contributed by atoms with Crippen LogP contribution in [0.5, 0.6) is 0 Å². The first-order chi connectivity index (χ1) is 9.23. The first-order valence-electron chi connectivity index (χ1n) is 6.68. The van der Waals surface area contributed by atoms with E-state index >= 15 is 0 Å². The molecule has 4 nitrogen and oxygen atoms in total. The van der Waals surface area contributed by atoms with E-state index in [9.17, 15) is 4.79 Å². The Morgan fingerprint density at radius 3 is 2.65 bits per heavy atom. The molecule has 0 saturated heterocycles. The third-order valence-corrected chi connectivity index (χ3v) is 3.38. The predicted molar refractivity (Wildman–Crippen MR) is 85.2 cm³/mol. The van der Waals surface area contributed by atoms with Crippen LogP contribution in [0.4, 0.5) is 5.69 Å². The summed E-state index contributed by atoms with van der Waals surface area (Å²) in [6, 6.07) is 5.57. The lowest BCUT2D eigenvalue weighted by molar-refractivity contribution is -0.117. The summed E-state index contributed by atoms with van der Waals surface area (Å²) in [5.41, 5.74) is 7.41. The Labute approximate surface area is 126 Å². The molecule has 0 radical (unpaired) electrons. The second-order valence-corrected chi connectivity index (χ2v) is 6.48. The maximum absolute atomic E-state index is 12.0. The molecule has 0 fully saturated rings. The van der Waals surface area contributed by atoms with Gasteiger partial charge in [0.1, 0.15) is 0 Å². The van der Waals surface area contributed by atoms with E-state index in [-0.39, 0.29) is 11.3 Å². The van der Waals surface area contributed by atoms with Crippen LogP contribution in [0.3, 0.4) is 0 Å². The van der Waals surface area contributed by atoms with Gasteiger partial charge in [-0.3, -0.25) is 9.69 Å². The Morgan fingerprint density at radius 1 is 1.45 bits per heavy atom. The van der Waals surface area contributed by atoms with E-state index < -0.39 is 0 Å². The van der Waals surface area contributed by atoms with E-state index in [2.05, 4.69) is 19.2 Å². The summed E-state index contributed by atoms with van der Waals surface area (Å²) in [6.45, 7) is 7.78. The molecular weight excluding hydrogens is 274 g/mol. The molecule has 5 heteroatoms. The zero-order valence-corrected chi connectivity index (χ0v) is 13.4. The maximum atomic E-state index is 12.0. The Kier molecular flexibility index (Phi) is 5.99. The number of rotatable bonds is 6. The Bertz CT molecular complexity index is 474. The van der Waals surface area contributed by atoms with Crippen LogP contribution in [0.25, 0.3) is 0 Å². The van der Waals surface area contributed by atoms with Crippen molar-refractivity contribution in [2.75, 3.05) is 32.0 Å². The number of carbonyl (C=O) groups is 1. The number of halogens is 1. The van der Waals surface area contributed by atoms with Crippen molar-refractivity contribution >= 4 is 23.2 Å². The van der Waals surface area contributed by atoms with Crippen LogP contribution in [0.15, 0.2) is 18.2 Å². The standard InChI is InChI=1S/C15H24ClN3O/c1-11-5-6-13(12(16)7-11)18-14(20)8-19(4)10-15(2,3)9-17/h5-7H,8-10,17H2,1-4H3,(H,18,20).